The zero-order chi connectivity index (χ0) is 12.4. The SMILES string of the molecule is Cc1cc(F)ccc1C(NN)c1sccc1C. The highest BCUT2D eigenvalue weighted by molar-refractivity contribution is 7.10. The Balaban J connectivity index is 2.46. The second-order valence-electron chi connectivity index (χ2n) is 4.07. The maximum atomic E-state index is 13.1. The molecule has 0 saturated heterocycles. The van der Waals surface area contributed by atoms with Crippen molar-refractivity contribution in [3.63, 3.8) is 0 Å². The Labute approximate surface area is 104 Å². The van der Waals surface area contributed by atoms with Gasteiger partial charge in [0, 0.05) is 4.88 Å². The predicted octanol–water partition coefficient (Wildman–Crippen LogP) is 3.06. The number of nitrogens with one attached hydrogen (secondary N) is 1. The molecule has 3 N–H and O–H groups in total. The molecular weight excluding hydrogens is 235 g/mol. The molecule has 2 rings (SSSR count). The van der Waals surface area contributed by atoms with Crippen molar-refractivity contribution in [3.05, 3.63) is 57.0 Å². The van der Waals surface area contributed by atoms with Gasteiger partial charge < -0.3 is 0 Å². The van der Waals surface area contributed by atoms with Crippen LogP contribution in [0.4, 0.5) is 4.39 Å². The largest absolute Gasteiger partial charge is 0.271 e. The Morgan fingerprint density at radius 1 is 1.24 bits per heavy atom. The molecule has 1 atom stereocenters. The third kappa shape index (κ3) is 2.39. The van der Waals surface area contributed by atoms with Gasteiger partial charge in [-0.25, -0.2) is 9.82 Å². The smallest absolute Gasteiger partial charge is 0.123 e. The lowest BCUT2D eigenvalue weighted by atomic mass is 9.99. The van der Waals surface area contributed by atoms with Gasteiger partial charge in [-0.1, -0.05) is 6.07 Å². The van der Waals surface area contributed by atoms with Crippen molar-refractivity contribution in [1.82, 2.24) is 5.43 Å². The Morgan fingerprint density at radius 3 is 2.53 bits per heavy atom. The fraction of sp³-hybridized carbons (Fsp3) is 0.231. The van der Waals surface area contributed by atoms with Gasteiger partial charge in [0.25, 0.3) is 0 Å². The summed E-state index contributed by atoms with van der Waals surface area (Å²) in [6.45, 7) is 3.95. The fourth-order valence-electron chi connectivity index (χ4n) is 1.95. The molecule has 1 unspecified atom stereocenters. The normalized spacial score (nSPS) is 12.7. The second kappa shape index (κ2) is 4.96. The number of rotatable bonds is 3. The molecule has 90 valence electrons. The van der Waals surface area contributed by atoms with Crippen LogP contribution in [0.3, 0.4) is 0 Å². The number of thiophene rings is 1. The van der Waals surface area contributed by atoms with Crippen molar-refractivity contribution in [2.24, 2.45) is 5.84 Å². The molecule has 1 heterocycles. The van der Waals surface area contributed by atoms with E-state index in [9.17, 15) is 4.39 Å². The van der Waals surface area contributed by atoms with E-state index in [4.69, 9.17) is 5.84 Å². The summed E-state index contributed by atoms with van der Waals surface area (Å²) in [5, 5.41) is 2.04. The van der Waals surface area contributed by atoms with Crippen LogP contribution in [-0.4, -0.2) is 0 Å². The number of hydrazine groups is 1. The van der Waals surface area contributed by atoms with Crippen LogP contribution in [-0.2, 0) is 0 Å². The molecule has 0 fully saturated rings. The van der Waals surface area contributed by atoms with Crippen molar-refractivity contribution in [1.29, 1.82) is 0 Å². The van der Waals surface area contributed by atoms with Crippen LogP contribution in [0.15, 0.2) is 29.6 Å². The highest BCUT2D eigenvalue weighted by Gasteiger charge is 2.17. The Hall–Kier alpha value is -1.23. The number of hydrogen-bond donors (Lipinski definition) is 2. The van der Waals surface area contributed by atoms with Gasteiger partial charge in [0.15, 0.2) is 0 Å². The van der Waals surface area contributed by atoms with E-state index in [0.717, 1.165) is 11.1 Å². The molecule has 1 aromatic heterocycles. The van der Waals surface area contributed by atoms with E-state index in [1.54, 1.807) is 17.4 Å². The van der Waals surface area contributed by atoms with Crippen molar-refractivity contribution >= 4 is 11.3 Å². The molecule has 0 aliphatic heterocycles. The lowest BCUT2D eigenvalue weighted by molar-refractivity contribution is 0.614. The first-order chi connectivity index (χ1) is 8.13. The standard InChI is InChI=1S/C13H15FN2S/c1-8-5-6-17-13(8)12(16-15)11-4-3-10(14)7-9(11)2/h3-7,12,16H,15H2,1-2H3. The average Bonchev–Trinajstić information content (AvgIpc) is 2.69. The molecule has 0 radical (unpaired) electrons. The number of aryl methyl sites for hydroxylation is 2. The monoisotopic (exact) mass is 250 g/mol. The minimum atomic E-state index is -0.218. The van der Waals surface area contributed by atoms with E-state index >= 15 is 0 Å². The maximum Gasteiger partial charge on any atom is 0.123 e. The topological polar surface area (TPSA) is 38.0 Å². The summed E-state index contributed by atoms with van der Waals surface area (Å²) in [6.07, 6.45) is 0. The summed E-state index contributed by atoms with van der Waals surface area (Å²) >= 11 is 1.65. The number of nitrogens with two attached hydrogens (primary N) is 1. The molecule has 2 aromatic rings. The predicted molar refractivity (Wildman–Crippen MR) is 69.4 cm³/mol. The van der Waals surface area contributed by atoms with Gasteiger partial charge in [0.2, 0.25) is 0 Å². The quantitative estimate of drug-likeness (QED) is 0.649. The summed E-state index contributed by atoms with van der Waals surface area (Å²) in [4.78, 5) is 1.17. The minimum Gasteiger partial charge on any atom is -0.271 e. The van der Waals surface area contributed by atoms with E-state index < -0.39 is 0 Å². The molecule has 4 heteroatoms. The fourth-order valence-corrected chi connectivity index (χ4v) is 2.95. The van der Waals surface area contributed by atoms with Gasteiger partial charge >= 0.3 is 0 Å². The zero-order valence-electron chi connectivity index (χ0n) is 9.83. The highest BCUT2D eigenvalue weighted by atomic mass is 32.1. The molecular formula is C13H15FN2S. The molecule has 2 nitrogen and oxygen atoms in total. The molecule has 0 spiro atoms. The van der Waals surface area contributed by atoms with Crippen LogP contribution in [0.1, 0.15) is 27.6 Å². The minimum absolute atomic E-state index is 0.0735. The molecule has 0 bridgehead atoms. The van der Waals surface area contributed by atoms with Gasteiger partial charge in [-0.3, -0.25) is 5.84 Å². The summed E-state index contributed by atoms with van der Waals surface area (Å²) in [6, 6.07) is 6.77. The molecule has 0 aliphatic rings. The van der Waals surface area contributed by atoms with Crippen molar-refractivity contribution in [2.75, 3.05) is 0 Å². The third-order valence-electron chi connectivity index (χ3n) is 2.87. The van der Waals surface area contributed by atoms with Gasteiger partial charge in [-0.05, 0) is 54.1 Å². The first kappa shape index (κ1) is 12.2. The summed E-state index contributed by atoms with van der Waals surface area (Å²) in [7, 11) is 0. The number of halogens is 1. The van der Waals surface area contributed by atoms with E-state index in [2.05, 4.69) is 18.4 Å². The Morgan fingerprint density at radius 2 is 2.00 bits per heavy atom. The van der Waals surface area contributed by atoms with Gasteiger partial charge in [-0.2, -0.15) is 0 Å². The first-order valence-corrected chi connectivity index (χ1v) is 6.27. The lowest BCUT2D eigenvalue weighted by Gasteiger charge is -2.18. The first-order valence-electron chi connectivity index (χ1n) is 5.39. The maximum absolute atomic E-state index is 13.1. The van der Waals surface area contributed by atoms with Crippen LogP contribution in [0.5, 0.6) is 0 Å². The molecule has 0 aliphatic carbocycles. The third-order valence-corrected chi connectivity index (χ3v) is 3.96. The van der Waals surface area contributed by atoms with Gasteiger partial charge in [0.1, 0.15) is 5.82 Å². The molecule has 17 heavy (non-hydrogen) atoms. The molecule has 0 saturated carbocycles. The lowest BCUT2D eigenvalue weighted by Crippen LogP contribution is -2.29. The number of hydrogen-bond acceptors (Lipinski definition) is 3. The zero-order valence-corrected chi connectivity index (χ0v) is 10.6. The van der Waals surface area contributed by atoms with Crippen LogP contribution in [0.2, 0.25) is 0 Å². The van der Waals surface area contributed by atoms with E-state index in [-0.39, 0.29) is 11.9 Å². The second-order valence-corrected chi connectivity index (χ2v) is 5.02. The summed E-state index contributed by atoms with van der Waals surface area (Å²) in [5.41, 5.74) is 5.92. The number of benzene rings is 1. The molecule has 1 aromatic carbocycles. The van der Waals surface area contributed by atoms with Crippen LogP contribution >= 0.6 is 11.3 Å². The van der Waals surface area contributed by atoms with Crippen molar-refractivity contribution in [2.45, 2.75) is 19.9 Å². The Kier molecular flexibility index (Phi) is 3.57. The summed E-state index contributed by atoms with van der Waals surface area (Å²) < 4.78 is 13.1. The highest BCUT2D eigenvalue weighted by Crippen LogP contribution is 2.30. The van der Waals surface area contributed by atoms with Crippen LogP contribution < -0.4 is 11.3 Å². The van der Waals surface area contributed by atoms with Crippen LogP contribution in [0.25, 0.3) is 0 Å². The summed E-state index contributed by atoms with van der Waals surface area (Å²) in [5.74, 6) is 5.42. The Bertz CT molecular complexity index is 522. The van der Waals surface area contributed by atoms with Gasteiger partial charge in [0.05, 0.1) is 6.04 Å². The van der Waals surface area contributed by atoms with E-state index in [1.165, 1.54) is 22.6 Å². The average molecular weight is 250 g/mol. The van der Waals surface area contributed by atoms with Crippen molar-refractivity contribution in [3.8, 4) is 0 Å². The van der Waals surface area contributed by atoms with E-state index in [0.29, 0.717) is 0 Å². The molecule has 0 amide bonds. The van der Waals surface area contributed by atoms with Crippen molar-refractivity contribution < 1.29 is 4.39 Å². The van der Waals surface area contributed by atoms with Crippen LogP contribution in [0, 0.1) is 19.7 Å². The van der Waals surface area contributed by atoms with Gasteiger partial charge in [-0.15, -0.1) is 11.3 Å². The van der Waals surface area contributed by atoms with E-state index in [1.807, 2.05) is 12.3 Å².